The summed E-state index contributed by atoms with van der Waals surface area (Å²) in [6, 6.07) is 5.07. The number of nitrogen functional groups attached to an aromatic ring is 1. The van der Waals surface area contributed by atoms with Gasteiger partial charge in [0.15, 0.2) is 0 Å². The van der Waals surface area contributed by atoms with Crippen LogP contribution >= 0.6 is 0 Å². The van der Waals surface area contributed by atoms with Crippen molar-refractivity contribution in [3.05, 3.63) is 18.2 Å². The Morgan fingerprint density at radius 3 is 2.83 bits per heavy atom. The molecular weight excluding hydrogens is 252 g/mol. The Morgan fingerprint density at radius 2 is 2.22 bits per heavy atom. The van der Waals surface area contributed by atoms with Gasteiger partial charge in [0.05, 0.1) is 22.8 Å². The molecule has 0 saturated carbocycles. The average Bonchev–Trinajstić information content (AvgIpc) is 2.38. The summed E-state index contributed by atoms with van der Waals surface area (Å²) in [6.45, 7) is 0. The predicted molar refractivity (Wildman–Crippen MR) is 72.0 cm³/mol. The molecule has 3 N–H and O–H groups in total. The molecule has 0 heterocycles. The molecule has 0 aliphatic heterocycles. The molecule has 1 unspecified atom stereocenters. The number of methoxy groups -OCH3 is 1. The lowest BCUT2D eigenvalue weighted by atomic mass is 10.3. The lowest BCUT2D eigenvalue weighted by molar-refractivity contribution is -0.120. The molecular formula is C12H18N2O3S. The third-order valence-corrected chi connectivity index (χ3v) is 3.98. The third kappa shape index (κ3) is 4.03. The van der Waals surface area contributed by atoms with Crippen LogP contribution in [0.4, 0.5) is 5.69 Å². The minimum Gasteiger partial charge on any atom is -0.497 e. The Morgan fingerprint density at radius 1 is 1.50 bits per heavy atom. The Labute approximate surface area is 109 Å². The molecule has 0 fully saturated rings. The van der Waals surface area contributed by atoms with Crippen LogP contribution < -0.4 is 15.8 Å². The standard InChI is InChI=1S/C12H18N2O3S/c1-14-12(15)4-3-7-18(16)11-8-9(17-2)5-6-10(11)13/h5-6,8H,3-4,7,13H2,1-2H3,(H,14,15). The number of nitrogens with two attached hydrogens (primary N) is 1. The van der Waals surface area contributed by atoms with Gasteiger partial charge in [-0.15, -0.1) is 0 Å². The second-order valence-electron chi connectivity index (χ2n) is 3.73. The first-order valence-corrected chi connectivity index (χ1v) is 6.93. The van der Waals surface area contributed by atoms with E-state index in [4.69, 9.17) is 10.5 Å². The number of hydrogen-bond donors (Lipinski definition) is 2. The fourth-order valence-corrected chi connectivity index (χ4v) is 2.64. The molecule has 0 bridgehead atoms. The zero-order chi connectivity index (χ0) is 13.5. The van der Waals surface area contributed by atoms with E-state index < -0.39 is 10.8 Å². The summed E-state index contributed by atoms with van der Waals surface area (Å²) >= 11 is 0. The maximum atomic E-state index is 12.0. The van der Waals surface area contributed by atoms with Crippen LogP contribution in [-0.4, -0.2) is 30.0 Å². The number of nitrogens with one attached hydrogen (secondary N) is 1. The molecule has 5 nitrogen and oxygen atoms in total. The number of anilines is 1. The molecule has 0 radical (unpaired) electrons. The van der Waals surface area contributed by atoms with Crippen LogP contribution in [0, 0.1) is 0 Å². The first kappa shape index (κ1) is 14.5. The van der Waals surface area contributed by atoms with Crippen molar-refractivity contribution in [1.29, 1.82) is 0 Å². The summed E-state index contributed by atoms with van der Waals surface area (Å²) in [4.78, 5) is 11.6. The van der Waals surface area contributed by atoms with Gasteiger partial charge in [-0.25, -0.2) is 0 Å². The van der Waals surface area contributed by atoms with E-state index in [2.05, 4.69) is 5.32 Å². The molecule has 0 spiro atoms. The molecule has 1 atom stereocenters. The summed E-state index contributed by atoms with van der Waals surface area (Å²) in [6.07, 6.45) is 0.926. The molecule has 1 aromatic carbocycles. The van der Waals surface area contributed by atoms with E-state index in [1.807, 2.05) is 0 Å². The van der Waals surface area contributed by atoms with Crippen LogP contribution in [0.15, 0.2) is 23.1 Å². The van der Waals surface area contributed by atoms with Crippen molar-refractivity contribution in [2.24, 2.45) is 0 Å². The maximum Gasteiger partial charge on any atom is 0.219 e. The van der Waals surface area contributed by atoms with E-state index in [-0.39, 0.29) is 5.91 Å². The van der Waals surface area contributed by atoms with Gasteiger partial charge in [0.1, 0.15) is 5.75 Å². The Bertz CT molecular complexity index is 449. The first-order valence-electron chi connectivity index (χ1n) is 5.61. The zero-order valence-corrected chi connectivity index (χ0v) is 11.4. The zero-order valence-electron chi connectivity index (χ0n) is 10.6. The van der Waals surface area contributed by atoms with Crippen LogP contribution in [0.1, 0.15) is 12.8 Å². The van der Waals surface area contributed by atoms with Gasteiger partial charge in [0.25, 0.3) is 0 Å². The molecule has 1 amide bonds. The highest BCUT2D eigenvalue weighted by Crippen LogP contribution is 2.23. The number of ether oxygens (including phenoxy) is 1. The van der Waals surface area contributed by atoms with Crippen LogP contribution in [0.5, 0.6) is 5.75 Å². The minimum absolute atomic E-state index is 0.0504. The van der Waals surface area contributed by atoms with Gasteiger partial charge in [0.2, 0.25) is 5.91 Å². The highest BCUT2D eigenvalue weighted by molar-refractivity contribution is 7.85. The monoisotopic (exact) mass is 270 g/mol. The number of benzene rings is 1. The lowest BCUT2D eigenvalue weighted by Gasteiger charge is -2.08. The van der Waals surface area contributed by atoms with Gasteiger partial charge >= 0.3 is 0 Å². The van der Waals surface area contributed by atoms with E-state index in [9.17, 15) is 9.00 Å². The fraction of sp³-hybridized carbons (Fsp3) is 0.417. The van der Waals surface area contributed by atoms with Gasteiger partial charge in [0, 0.05) is 24.9 Å². The number of amides is 1. The number of carbonyl (C=O) groups is 1. The Hall–Kier alpha value is -1.56. The average molecular weight is 270 g/mol. The van der Waals surface area contributed by atoms with Crippen molar-refractivity contribution in [1.82, 2.24) is 5.32 Å². The molecule has 1 aromatic rings. The van der Waals surface area contributed by atoms with E-state index in [0.717, 1.165) is 0 Å². The molecule has 0 aliphatic rings. The van der Waals surface area contributed by atoms with Crippen LogP contribution in [0.2, 0.25) is 0 Å². The quantitative estimate of drug-likeness (QED) is 0.753. The molecule has 18 heavy (non-hydrogen) atoms. The van der Waals surface area contributed by atoms with Crippen molar-refractivity contribution >= 4 is 22.4 Å². The van der Waals surface area contributed by atoms with E-state index in [1.165, 1.54) is 0 Å². The van der Waals surface area contributed by atoms with Crippen LogP contribution in [0.25, 0.3) is 0 Å². The number of rotatable bonds is 6. The highest BCUT2D eigenvalue weighted by Gasteiger charge is 2.10. The summed E-state index contributed by atoms with van der Waals surface area (Å²) in [5, 5.41) is 2.53. The van der Waals surface area contributed by atoms with Crippen LogP contribution in [0.3, 0.4) is 0 Å². The highest BCUT2D eigenvalue weighted by atomic mass is 32.2. The molecule has 0 saturated heterocycles. The molecule has 0 aliphatic carbocycles. The third-order valence-electron chi connectivity index (χ3n) is 2.48. The fourth-order valence-electron chi connectivity index (χ4n) is 1.44. The summed E-state index contributed by atoms with van der Waals surface area (Å²) in [7, 11) is 1.92. The van der Waals surface area contributed by atoms with Gasteiger partial charge in [-0.2, -0.15) is 0 Å². The molecule has 6 heteroatoms. The largest absolute Gasteiger partial charge is 0.497 e. The maximum absolute atomic E-state index is 12.0. The van der Waals surface area contributed by atoms with Gasteiger partial charge in [-0.1, -0.05) is 0 Å². The second-order valence-corrected chi connectivity index (χ2v) is 5.27. The number of hydrogen-bond acceptors (Lipinski definition) is 4. The first-order chi connectivity index (χ1) is 8.58. The smallest absolute Gasteiger partial charge is 0.219 e. The summed E-state index contributed by atoms with van der Waals surface area (Å²) in [5.41, 5.74) is 6.26. The normalized spacial score (nSPS) is 11.9. The van der Waals surface area contributed by atoms with E-state index in [0.29, 0.717) is 34.9 Å². The topological polar surface area (TPSA) is 81.4 Å². The summed E-state index contributed by atoms with van der Waals surface area (Å²) < 4.78 is 17.1. The van der Waals surface area contributed by atoms with Gasteiger partial charge in [-0.3, -0.25) is 9.00 Å². The van der Waals surface area contributed by atoms with Gasteiger partial charge < -0.3 is 15.8 Å². The van der Waals surface area contributed by atoms with Crippen molar-refractivity contribution in [2.45, 2.75) is 17.7 Å². The summed E-state index contributed by atoms with van der Waals surface area (Å²) in [5.74, 6) is 0.981. The van der Waals surface area contributed by atoms with Crippen LogP contribution in [-0.2, 0) is 15.6 Å². The molecule has 1 rings (SSSR count). The molecule has 0 aromatic heterocycles. The van der Waals surface area contributed by atoms with Gasteiger partial charge in [-0.05, 0) is 24.6 Å². The molecule has 100 valence electrons. The van der Waals surface area contributed by atoms with Crippen molar-refractivity contribution < 1.29 is 13.7 Å². The van der Waals surface area contributed by atoms with E-state index in [1.54, 1.807) is 32.4 Å². The van der Waals surface area contributed by atoms with E-state index >= 15 is 0 Å². The Balaban J connectivity index is 2.63. The van der Waals surface area contributed by atoms with Crippen molar-refractivity contribution in [3.63, 3.8) is 0 Å². The predicted octanol–water partition coefficient (Wildman–Crippen LogP) is 0.911. The second kappa shape index (κ2) is 7.00. The lowest BCUT2D eigenvalue weighted by Crippen LogP contribution is -2.18. The van der Waals surface area contributed by atoms with Crippen molar-refractivity contribution in [2.75, 3.05) is 25.6 Å². The SMILES string of the molecule is CNC(=O)CCCS(=O)c1cc(OC)ccc1N. The van der Waals surface area contributed by atoms with Crippen molar-refractivity contribution in [3.8, 4) is 5.75 Å². The Kier molecular flexibility index (Phi) is 5.64. The number of carbonyl (C=O) groups excluding carboxylic acids is 1. The minimum atomic E-state index is -1.21.